The Morgan fingerprint density at radius 3 is 2.73 bits per heavy atom. The third-order valence-electron chi connectivity index (χ3n) is 2.08. The van der Waals surface area contributed by atoms with Crippen molar-refractivity contribution < 1.29 is 14.6 Å². The minimum Gasteiger partial charge on any atom is -0.497 e. The number of carbonyl (C=O) groups is 1. The van der Waals surface area contributed by atoms with Crippen molar-refractivity contribution in [3.63, 3.8) is 0 Å². The first kappa shape index (κ1) is 11.1. The predicted octanol–water partition coefficient (Wildman–Crippen LogP) is 1.50. The van der Waals surface area contributed by atoms with Gasteiger partial charge in [0.1, 0.15) is 5.75 Å². The quantitative estimate of drug-likeness (QED) is 0.811. The van der Waals surface area contributed by atoms with Crippen LogP contribution in [0.15, 0.2) is 12.1 Å². The maximum absolute atomic E-state index is 10.6. The van der Waals surface area contributed by atoms with E-state index in [1.807, 2.05) is 6.07 Å². The van der Waals surface area contributed by atoms with Gasteiger partial charge < -0.3 is 9.84 Å². The fourth-order valence-corrected chi connectivity index (χ4v) is 1.40. The molecular formula is C11H11NO3. The molecular weight excluding hydrogens is 194 g/mol. The Hall–Kier alpha value is -2.02. The highest BCUT2D eigenvalue weighted by atomic mass is 16.5. The molecule has 0 bridgehead atoms. The Kier molecular flexibility index (Phi) is 3.29. The number of aryl methyl sites for hydroxylation is 1. The van der Waals surface area contributed by atoms with E-state index in [-0.39, 0.29) is 6.42 Å². The maximum atomic E-state index is 10.6. The normalized spacial score (nSPS) is 9.40. The lowest BCUT2D eigenvalue weighted by molar-refractivity contribution is -0.136. The second kappa shape index (κ2) is 4.47. The van der Waals surface area contributed by atoms with Gasteiger partial charge in [0.2, 0.25) is 0 Å². The first-order chi connectivity index (χ1) is 7.08. The minimum absolute atomic E-state index is 0.166. The molecule has 1 aromatic carbocycles. The molecule has 0 amide bonds. The molecule has 0 heterocycles. The molecule has 0 aliphatic heterocycles. The minimum atomic E-state index is -0.959. The number of carboxylic acid groups (broad SMARTS) is 1. The van der Waals surface area contributed by atoms with E-state index >= 15 is 0 Å². The van der Waals surface area contributed by atoms with Gasteiger partial charge in [0, 0.05) is 0 Å². The molecule has 0 aliphatic carbocycles. The summed E-state index contributed by atoms with van der Waals surface area (Å²) in [4.78, 5) is 10.6. The molecule has 78 valence electrons. The largest absolute Gasteiger partial charge is 0.497 e. The van der Waals surface area contributed by atoms with Crippen LogP contribution in [0.2, 0.25) is 0 Å². The van der Waals surface area contributed by atoms with E-state index in [1.54, 1.807) is 19.1 Å². The van der Waals surface area contributed by atoms with Crippen LogP contribution in [0, 0.1) is 18.3 Å². The van der Waals surface area contributed by atoms with Gasteiger partial charge in [-0.25, -0.2) is 0 Å². The van der Waals surface area contributed by atoms with Crippen molar-refractivity contribution in [3.8, 4) is 11.8 Å². The average Bonchev–Trinajstić information content (AvgIpc) is 2.16. The summed E-state index contributed by atoms with van der Waals surface area (Å²) in [5.41, 5.74) is 1.63. The molecule has 4 heteroatoms. The van der Waals surface area contributed by atoms with Crippen LogP contribution in [-0.4, -0.2) is 18.2 Å². The molecule has 0 aliphatic rings. The number of aliphatic carboxylic acids is 1. The Labute approximate surface area is 87.7 Å². The van der Waals surface area contributed by atoms with Crippen molar-refractivity contribution in [2.45, 2.75) is 13.3 Å². The Bertz CT molecular complexity index is 432. The van der Waals surface area contributed by atoms with E-state index in [4.69, 9.17) is 15.1 Å². The molecule has 0 radical (unpaired) electrons. The van der Waals surface area contributed by atoms with Gasteiger partial charge in [0.05, 0.1) is 25.2 Å². The second-order valence-corrected chi connectivity index (χ2v) is 3.16. The zero-order chi connectivity index (χ0) is 11.4. The molecule has 4 nitrogen and oxygen atoms in total. The van der Waals surface area contributed by atoms with Gasteiger partial charge in [0.25, 0.3) is 0 Å². The Morgan fingerprint density at radius 2 is 2.27 bits per heavy atom. The number of rotatable bonds is 3. The van der Waals surface area contributed by atoms with Gasteiger partial charge >= 0.3 is 5.97 Å². The molecule has 1 N–H and O–H groups in total. The van der Waals surface area contributed by atoms with Gasteiger partial charge in [-0.15, -0.1) is 0 Å². The van der Waals surface area contributed by atoms with Crippen LogP contribution in [0.25, 0.3) is 0 Å². The number of methoxy groups -OCH3 is 1. The lowest BCUT2D eigenvalue weighted by Crippen LogP contribution is -2.04. The second-order valence-electron chi connectivity index (χ2n) is 3.16. The SMILES string of the molecule is COc1cc(C)c(C#N)c(CC(=O)O)c1. The van der Waals surface area contributed by atoms with Gasteiger partial charge in [0.15, 0.2) is 0 Å². The van der Waals surface area contributed by atoms with E-state index < -0.39 is 5.97 Å². The average molecular weight is 205 g/mol. The zero-order valence-corrected chi connectivity index (χ0v) is 8.57. The summed E-state index contributed by atoms with van der Waals surface area (Å²) in [6.45, 7) is 1.76. The first-order valence-corrected chi connectivity index (χ1v) is 4.38. The molecule has 0 spiro atoms. The van der Waals surface area contributed by atoms with E-state index in [0.717, 1.165) is 5.56 Å². The van der Waals surface area contributed by atoms with Crippen LogP contribution in [-0.2, 0) is 11.2 Å². The monoisotopic (exact) mass is 205 g/mol. The summed E-state index contributed by atoms with van der Waals surface area (Å²) in [6.07, 6.45) is -0.166. The van der Waals surface area contributed by atoms with E-state index in [1.165, 1.54) is 7.11 Å². The molecule has 0 saturated heterocycles. The Morgan fingerprint density at radius 1 is 1.60 bits per heavy atom. The molecule has 1 aromatic rings. The van der Waals surface area contributed by atoms with E-state index in [9.17, 15) is 4.79 Å². The summed E-state index contributed by atoms with van der Waals surface area (Å²) in [5.74, 6) is -0.387. The van der Waals surface area contributed by atoms with Crippen LogP contribution in [0.3, 0.4) is 0 Å². The lowest BCUT2D eigenvalue weighted by atomic mass is 10.00. The highest BCUT2D eigenvalue weighted by Crippen LogP contribution is 2.22. The van der Waals surface area contributed by atoms with Crippen LogP contribution < -0.4 is 4.74 Å². The van der Waals surface area contributed by atoms with Crippen LogP contribution in [0.5, 0.6) is 5.75 Å². The van der Waals surface area contributed by atoms with Crippen molar-refractivity contribution >= 4 is 5.97 Å². The van der Waals surface area contributed by atoms with Crippen molar-refractivity contribution in [1.82, 2.24) is 0 Å². The fraction of sp³-hybridized carbons (Fsp3) is 0.273. The molecule has 15 heavy (non-hydrogen) atoms. The van der Waals surface area contributed by atoms with Gasteiger partial charge in [-0.05, 0) is 30.2 Å². The molecule has 1 rings (SSSR count). The lowest BCUT2D eigenvalue weighted by Gasteiger charge is -2.07. The van der Waals surface area contributed by atoms with Gasteiger partial charge in [-0.3, -0.25) is 4.79 Å². The summed E-state index contributed by atoms with van der Waals surface area (Å²) >= 11 is 0. The number of hydrogen-bond donors (Lipinski definition) is 1. The van der Waals surface area contributed by atoms with E-state index in [0.29, 0.717) is 16.9 Å². The molecule has 0 aromatic heterocycles. The van der Waals surface area contributed by atoms with Gasteiger partial charge in [-0.1, -0.05) is 0 Å². The maximum Gasteiger partial charge on any atom is 0.307 e. The van der Waals surface area contributed by atoms with Crippen LogP contribution in [0.4, 0.5) is 0 Å². The first-order valence-electron chi connectivity index (χ1n) is 4.38. The molecule has 0 fully saturated rings. The van der Waals surface area contributed by atoms with Gasteiger partial charge in [-0.2, -0.15) is 5.26 Å². The standard InChI is InChI=1S/C11H11NO3/c1-7-3-9(15-2)4-8(5-11(13)14)10(7)6-12/h3-4H,5H2,1-2H3,(H,13,14). The summed E-state index contributed by atoms with van der Waals surface area (Å²) in [5, 5.41) is 17.6. The number of hydrogen-bond acceptors (Lipinski definition) is 3. The fourth-order valence-electron chi connectivity index (χ4n) is 1.40. The third kappa shape index (κ3) is 2.47. The zero-order valence-electron chi connectivity index (χ0n) is 8.57. The predicted molar refractivity (Wildman–Crippen MR) is 53.8 cm³/mol. The number of benzene rings is 1. The number of carboxylic acids is 1. The third-order valence-corrected chi connectivity index (χ3v) is 2.08. The summed E-state index contributed by atoms with van der Waals surface area (Å²) < 4.78 is 5.01. The van der Waals surface area contributed by atoms with Crippen molar-refractivity contribution in [2.24, 2.45) is 0 Å². The summed E-state index contributed by atoms with van der Waals surface area (Å²) in [7, 11) is 1.51. The molecule has 0 unspecified atom stereocenters. The summed E-state index contributed by atoms with van der Waals surface area (Å²) in [6, 6.07) is 5.30. The van der Waals surface area contributed by atoms with Crippen molar-refractivity contribution in [1.29, 1.82) is 5.26 Å². The van der Waals surface area contributed by atoms with E-state index in [2.05, 4.69) is 0 Å². The number of nitrogens with zero attached hydrogens (tertiary/aromatic N) is 1. The van der Waals surface area contributed by atoms with Crippen molar-refractivity contribution in [2.75, 3.05) is 7.11 Å². The topological polar surface area (TPSA) is 70.3 Å². The smallest absolute Gasteiger partial charge is 0.307 e. The van der Waals surface area contributed by atoms with Crippen molar-refractivity contribution in [3.05, 3.63) is 28.8 Å². The highest BCUT2D eigenvalue weighted by molar-refractivity contribution is 5.72. The number of nitriles is 1. The molecule has 0 atom stereocenters. The van der Waals surface area contributed by atoms with Crippen LogP contribution >= 0.6 is 0 Å². The molecule has 0 saturated carbocycles. The number of ether oxygens (including phenoxy) is 1. The Balaban J connectivity index is 3.27. The highest BCUT2D eigenvalue weighted by Gasteiger charge is 2.11. The van der Waals surface area contributed by atoms with Crippen LogP contribution in [0.1, 0.15) is 16.7 Å².